The Morgan fingerprint density at radius 2 is 1.95 bits per heavy atom. The zero-order chi connectivity index (χ0) is 13.9. The lowest BCUT2D eigenvalue weighted by atomic mass is 9.95. The molecule has 104 valence electrons. The molecular formula is C17H18ClNO. The first-order valence-corrected chi connectivity index (χ1v) is 7.41. The quantitative estimate of drug-likeness (QED) is 0.918. The second-order valence-corrected chi connectivity index (χ2v) is 5.35. The molecule has 1 heterocycles. The van der Waals surface area contributed by atoms with Gasteiger partial charge in [-0.25, -0.2) is 0 Å². The lowest BCUT2D eigenvalue weighted by Gasteiger charge is -2.22. The van der Waals surface area contributed by atoms with Crippen molar-refractivity contribution in [2.45, 2.75) is 19.4 Å². The third-order valence-corrected chi connectivity index (χ3v) is 4.02. The van der Waals surface area contributed by atoms with E-state index in [9.17, 15) is 0 Å². The predicted octanol–water partition coefficient (Wildman–Crippen LogP) is 3.97. The largest absolute Gasteiger partial charge is 0.493 e. The van der Waals surface area contributed by atoms with Crippen LogP contribution < -0.4 is 10.1 Å². The highest BCUT2D eigenvalue weighted by molar-refractivity contribution is 6.31. The van der Waals surface area contributed by atoms with Crippen LogP contribution in [0.15, 0.2) is 42.5 Å². The number of hydrogen-bond donors (Lipinski definition) is 1. The van der Waals surface area contributed by atoms with E-state index in [0.717, 1.165) is 35.9 Å². The van der Waals surface area contributed by atoms with Crippen molar-refractivity contribution >= 4 is 11.6 Å². The molecule has 0 spiro atoms. The number of rotatable bonds is 4. The molecule has 0 saturated heterocycles. The summed E-state index contributed by atoms with van der Waals surface area (Å²) < 4.78 is 5.84. The number of benzene rings is 2. The van der Waals surface area contributed by atoms with E-state index in [1.165, 1.54) is 11.1 Å². The molecule has 20 heavy (non-hydrogen) atoms. The van der Waals surface area contributed by atoms with Gasteiger partial charge in [0.05, 0.1) is 12.6 Å². The van der Waals surface area contributed by atoms with E-state index in [4.69, 9.17) is 16.3 Å². The summed E-state index contributed by atoms with van der Waals surface area (Å²) in [6, 6.07) is 14.4. The number of halogens is 1. The van der Waals surface area contributed by atoms with Crippen LogP contribution in [-0.4, -0.2) is 13.2 Å². The molecular weight excluding hydrogens is 270 g/mol. The van der Waals surface area contributed by atoms with Crippen molar-refractivity contribution in [1.29, 1.82) is 0 Å². The Kier molecular flexibility index (Phi) is 3.95. The monoisotopic (exact) mass is 287 g/mol. The van der Waals surface area contributed by atoms with E-state index in [2.05, 4.69) is 36.5 Å². The minimum absolute atomic E-state index is 0.0711. The Hall–Kier alpha value is -1.51. The molecule has 0 aliphatic carbocycles. The minimum atomic E-state index is 0.0711. The van der Waals surface area contributed by atoms with Crippen LogP contribution in [-0.2, 0) is 6.42 Å². The Morgan fingerprint density at radius 1 is 1.15 bits per heavy atom. The predicted molar refractivity (Wildman–Crippen MR) is 82.6 cm³/mol. The zero-order valence-electron chi connectivity index (χ0n) is 11.5. The third-order valence-electron chi connectivity index (χ3n) is 3.68. The molecule has 0 fully saturated rings. The number of fused-ring (bicyclic) bond motifs is 1. The first-order valence-electron chi connectivity index (χ1n) is 7.03. The van der Waals surface area contributed by atoms with Crippen LogP contribution in [0.3, 0.4) is 0 Å². The van der Waals surface area contributed by atoms with Gasteiger partial charge < -0.3 is 10.1 Å². The number of para-hydroxylation sites is 1. The van der Waals surface area contributed by atoms with E-state index < -0.39 is 0 Å². The minimum Gasteiger partial charge on any atom is -0.493 e. The van der Waals surface area contributed by atoms with Crippen molar-refractivity contribution in [1.82, 2.24) is 5.32 Å². The molecule has 3 rings (SSSR count). The number of ether oxygens (including phenoxy) is 1. The Labute approximate surface area is 124 Å². The molecule has 3 heteroatoms. The van der Waals surface area contributed by atoms with Gasteiger partial charge in [0.25, 0.3) is 0 Å². The van der Waals surface area contributed by atoms with Crippen LogP contribution in [0.4, 0.5) is 0 Å². The lowest BCUT2D eigenvalue weighted by Crippen LogP contribution is -2.22. The molecule has 0 amide bonds. The highest BCUT2D eigenvalue weighted by Gasteiger charge is 2.23. The Morgan fingerprint density at radius 3 is 2.75 bits per heavy atom. The fraction of sp³-hybridized carbons (Fsp3) is 0.294. The average molecular weight is 288 g/mol. The summed E-state index contributed by atoms with van der Waals surface area (Å²) in [7, 11) is 0. The first-order chi connectivity index (χ1) is 9.81. The second-order valence-electron chi connectivity index (χ2n) is 4.95. The van der Waals surface area contributed by atoms with E-state index in [1.54, 1.807) is 0 Å². The van der Waals surface area contributed by atoms with Gasteiger partial charge in [-0.15, -0.1) is 0 Å². The standard InChI is InChI=1S/C17H18ClNO/c1-2-19-16(13-7-3-4-9-15(13)18)14-8-5-6-12-10-11-20-17(12)14/h3-9,16,19H,2,10-11H2,1H3. The first kappa shape index (κ1) is 13.5. The van der Waals surface area contributed by atoms with Crippen molar-refractivity contribution in [3.8, 4) is 5.75 Å². The molecule has 0 saturated carbocycles. The van der Waals surface area contributed by atoms with Crippen molar-refractivity contribution in [2.24, 2.45) is 0 Å². The van der Waals surface area contributed by atoms with Gasteiger partial charge in [-0.2, -0.15) is 0 Å². The van der Waals surface area contributed by atoms with Crippen molar-refractivity contribution in [2.75, 3.05) is 13.2 Å². The Balaban J connectivity index is 2.08. The average Bonchev–Trinajstić information content (AvgIpc) is 2.94. The van der Waals surface area contributed by atoms with Crippen molar-refractivity contribution in [3.63, 3.8) is 0 Å². The van der Waals surface area contributed by atoms with Gasteiger partial charge in [0.1, 0.15) is 5.75 Å². The summed E-state index contributed by atoms with van der Waals surface area (Å²) in [6.45, 7) is 3.75. The number of hydrogen-bond acceptors (Lipinski definition) is 2. The maximum Gasteiger partial charge on any atom is 0.127 e. The molecule has 0 aromatic heterocycles. The highest BCUT2D eigenvalue weighted by Crippen LogP contribution is 2.37. The van der Waals surface area contributed by atoms with Gasteiger partial charge in [0.2, 0.25) is 0 Å². The van der Waals surface area contributed by atoms with E-state index in [0.29, 0.717) is 0 Å². The summed E-state index contributed by atoms with van der Waals surface area (Å²) in [6.07, 6.45) is 0.991. The van der Waals surface area contributed by atoms with Gasteiger partial charge >= 0.3 is 0 Å². The summed E-state index contributed by atoms with van der Waals surface area (Å²) in [5, 5.41) is 4.31. The highest BCUT2D eigenvalue weighted by atomic mass is 35.5. The molecule has 2 aromatic carbocycles. The van der Waals surface area contributed by atoms with E-state index >= 15 is 0 Å². The normalized spacial score (nSPS) is 14.7. The fourth-order valence-electron chi connectivity index (χ4n) is 2.77. The summed E-state index contributed by atoms with van der Waals surface area (Å²) in [5.41, 5.74) is 3.56. The third kappa shape index (κ3) is 2.41. The maximum absolute atomic E-state index is 6.37. The van der Waals surface area contributed by atoms with E-state index in [1.807, 2.05) is 18.2 Å². The molecule has 0 bridgehead atoms. The van der Waals surface area contributed by atoms with Gasteiger partial charge in [-0.05, 0) is 23.7 Å². The van der Waals surface area contributed by atoms with Gasteiger partial charge in [0.15, 0.2) is 0 Å². The molecule has 1 aliphatic heterocycles. The van der Waals surface area contributed by atoms with Crippen LogP contribution in [0.2, 0.25) is 5.02 Å². The smallest absolute Gasteiger partial charge is 0.127 e. The molecule has 2 aromatic rings. The SMILES string of the molecule is CCNC(c1ccccc1Cl)c1cccc2c1OCC2. The summed E-state index contributed by atoms with van der Waals surface area (Å²) >= 11 is 6.37. The van der Waals surface area contributed by atoms with Gasteiger partial charge in [-0.1, -0.05) is 54.9 Å². The lowest BCUT2D eigenvalue weighted by molar-refractivity contribution is 0.350. The summed E-state index contributed by atoms with van der Waals surface area (Å²) in [4.78, 5) is 0. The maximum atomic E-state index is 6.37. The van der Waals surface area contributed by atoms with Crippen molar-refractivity contribution < 1.29 is 4.74 Å². The second kappa shape index (κ2) is 5.86. The van der Waals surface area contributed by atoms with Gasteiger partial charge in [-0.3, -0.25) is 0 Å². The van der Waals surface area contributed by atoms with E-state index in [-0.39, 0.29) is 6.04 Å². The van der Waals surface area contributed by atoms with Crippen molar-refractivity contribution in [3.05, 3.63) is 64.2 Å². The molecule has 1 atom stereocenters. The molecule has 2 nitrogen and oxygen atoms in total. The molecule has 1 aliphatic rings. The van der Waals surface area contributed by atoms with Crippen LogP contribution in [0.5, 0.6) is 5.75 Å². The van der Waals surface area contributed by atoms with Crippen LogP contribution >= 0.6 is 11.6 Å². The van der Waals surface area contributed by atoms with Crippen LogP contribution in [0, 0.1) is 0 Å². The number of nitrogens with one attached hydrogen (secondary N) is 1. The molecule has 1 unspecified atom stereocenters. The molecule has 0 radical (unpaired) electrons. The van der Waals surface area contributed by atoms with Gasteiger partial charge in [0, 0.05) is 17.0 Å². The van der Waals surface area contributed by atoms with Crippen LogP contribution in [0.25, 0.3) is 0 Å². The fourth-order valence-corrected chi connectivity index (χ4v) is 3.01. The Bertz CT molecular complexity index is 612. The molecule has 1 N–H and O–H groups in total. The topological polar surface area (TPSA) is 21.3 Å². The zero-order valence-corrected chi connectivity index (χ0v) is 12.3. The summed E-state index contributed by atoms with van der Waals surface area (Å²) in [5.74, 6) is 1.03. The van der Waals surface area contributed by atoms with Crippen LogP contribution in [0.1, 0.15) is 29.7 Å².